The van der Waals surface area contributed by atoms with E-state index in [0.29, 0.717) is 43.7 Å². The highest BCUT2D eigenvalue weighted by Crippen LogP contribution is 2.51. The Morgan fingerprint density at radius 1 is 1.21 bits per heavy atom. The van der Waals surface area contributed by atoms with E-state index in [0.717, 1.165) is 24.0 Å². The van der Waals surface area contributed by atoms with Crippen molar-refractivity contribution in [2.45, 2.75) is 115 Å². The molecule has 6 bridgehead atoms. The molecule has 5 rings (SSSR count). The van der Waals surface area contributed by atoms with E-state index in [1.54, 1.807) is 20.9 Å². The molecule has 4 heterocycles. The second-order valence-electron chi connectivity index (χ2n) is 13.5. The van der Waals surface area contributed by atoms with Gasteiger partial charge in [-0.3, -0.25) is 14.9 Å². The van der Waals surface area contributed by atoms with Crippen molar-refractivity contribution >= 4 is 35.3 Å². The van der Waals surface area contributed by atoms with Crippen molar-refractivity contribution in [1.82, 2.24) is 5.32 Å². The van der Waals surface area contributed by atoms with E-state index in [1.165, 1.54) is 12.0 Å². The molecule has 6 atom stereocenters. The number of carbonyl (C=O) groups excluding carboxylic acids is 3. The predicted octanol–water partition coefficient (Wildman–Crippen LogP) is 5.34. The number of fused-ring (bicyclic) bond motifs is 6. The lowest BCUT2D eigenvalue weighted by Crippen LogP contribution is -2.72. The summed E-state index contributed by atoms with van der Waals surface area (Å²) in [5, 5.41) is 14.7. The summed E-state index contributed by atoms with van der Waals surface area (Å²) in [4.78, 5) is 41.2. The van der Waals surface area contributed by atoms with Gasteiger partial charge in [-0.2, -0.15) is 0 Å². The van der Waals surface area contributed by atoms with Gasteiger partial charge in [0.1, 0.15) is 39.9 Å². The molecule has 0 aromatic heterocycles. The molecule has 0 radical (unpaired) electrons. The molecule has 4 aliphatic rings. The second-order valence-corrected chi connectivity index (χ2v) is 13.9. The summed E-state index contributed by atoms with van der Waals surface area (Å²) in [6.45, 7) is 8.05. The number of carbonyl (C=O) groups is 3. The molecule has 11 nitrogen and oxygen atoms in total. The minimum absolute atomic E-state index is 0.0776. The van der Waals surface area contributed by atoms with E-state index in [2.05, 4.69) is 5.32 Å². The molecule has 0 spiro atoms. The second kappa shape index (κ2) is 15.0. The van der Waals surface area contributed by atoms with Gasteiger partial charge in [0.25, 0.3) is 0 Å². The van der Waals surface area contributed by atoms with Crippen LogP contribution < -0.4 is 20.7 Å². The zero-order chi connectivity index (χ0) is 34.6. The van der Waals surface area contributed by atoms with Crippen LogP contribution in [0, 0.1) is 5.92 Å². The number of allylic oxidation sites excluding steroid dienone is 3. The molecule has 4 aliphatic heterocycles. The highest BCUT2D eigenvalue weighted by atomic mass is 35.5. The Hall–Kier alpha value is -3.12. The van der Waals surface area contributed by atoms with Crippen LogP contribution in [0.1, 0.15) is 84.6 Å². The smallest absolute Gasteiger partial charge is 0.409 e. The largest absolute Gasteiger partial charge is 0.495 e. The van der Waals surface area contributed by atoms with Gasteiger partial charge in [-0.15, -0.1) is 0 Å². The highest BCUT2D eigenvalue weighted by Gasteiger charge is 2.63. The number of amides is 2. The molecule has 2 fully saturated rings. The number of nitrogens with zero attached hydrogens (tertiary/aromatic N) is 1. The van der Waals surface area contributed by atoms with Gasteiger partial charge >= 0.3 is 12.1 Å². The van der Waals surface area contributed by atoms with Gasteiger partial charge in [-0.1, -0.05) is 48.7 Å². The number of ether oxygens (including phenoxy) is 4. The number of aliphatic hydroxyl groups is 1. The Kier molecular flexibility index (Phi) is 11.7. The summed E-state index contributed by atoms with van der Waals surface area (Å²) in [5.74, 6) is -0.772. The molecule has 0 aliphatic carbocycles. The Morgan fingerprint density at radius 3 is 2.60 bits per heavy atom. The fourth-order valence-corrected chi connectivity index (χ4v) is 7.31. The summed E-state index contributed by atoms with van der Waals surface area (Å²) in [6.07, 6.45) is 6.88. The molecular formula is C35H50ClN3O8. The summed E-state index contributed by atoms with van der Waals surface area (Å²) < 4.78 is 23.8. The summed E-state index contributed by atoms with van der Waals surface area (Å²) >= 11 is 6.73. The number of benzene rings is 1. The molecule has 1 unspecified atom stereocenters. The van der Waals surface area contributed by atoms with Crippen molar-refractivity contribution in [2.75, 3.05) is 25.6 Å². The van der Waals surface area contributed by atoms with Gasteiger partial charge in [0.15, 0.2) is 0 Å². The van der Waals surface area contributed by atoms with Crippen LogP contribution in [-0.2, 0) is 30.2 Å². The zero-order valence-corrected chi connectivity index (χ0v) is 29.2. The number of rotatable bonds is 8. The topological polar surface area (TPSA) is 150 Å². The number of alkyl carbamates (subject to hydrolysis) is 1. The normalized spacial score (nSPS) is 33.1. The minimum atomic E-state index is -1.58. The third kappa shape index (κ3) is 8.31. The van der Waals surface area contributed by atoms with E-state index in [-0.39, 0.29) is 30.2 Å². The average molecular weight is 676 g/mol. The molecule has 12 heteroatoms. The number of esters is 1. The van der Waals surface area contributed by atoms with E-state index in [9.17, 15) is 19.5 Å². The van der Waals surface area contributed by atoms with Crippen molar-refractivity contribution in [3.05, 3.63) is 46.5 Å². The first-order valence-corrected chi connectivity index (χ1v) is 16.8. The van der Waals surface area contributed by atoms with Gasteiger partial charge in [-0.05, 0) is 70.7 Å². The lowest BCUT2D eigenvalue weighted by atomic mass is 9.71. The standard InChI is InChI=1S/C35H50ClN3O8/c1-7-24-13-11-12-22(2)16-23-17-25(31(36)26(18-23)44-6)39(5)29(40)19-27(45-30(41)14-9-8-10-15-37)33(3)21-34(4,47-33)28-20-35(24,43)38-32(42)46-28/h11-13,17-18,24,27-28,43H,7-10,14-16,19-21,37H2,1-6H3,(H,38,42)/b13-11+,22-12+/t24-,27+,28+,33-,34?,35+/m1/s1. The molecule has 47 heavy (non-hydrogen) atoms. The lowest BCUT2D eigenvalue weighted by molar-refractivity contribution is -0.327. The average Bonchev–Trinajstić information content (AvgIpc) is 2.99. The molecular weight excluding hydrogens is 626 g/mol. The van der Waals surface area contributed by atoms with Crippen molar-refractivity contribution in [1.29, 1.82) is 0 Å². The summed E-state index contributed by atoms with van der Waals surface area (Å²) in [5.41, 5.74) is 4.27. The zero-order valence-electron chi connectivity index (χ0n) is 28.4. The fraction of sp³-hybridized carbons (Fsp3) is 0.629. The molecule has 260 valence electrons. The minimum Gasteiger partial charge on any atom is -0.495 e. The third-order valence-electron chi connectivity index (χ3n) is 9.61. The van der Waals surface area contributed by atoms with E-state index in [1.807, 2.05) is 44.2 Å². The number of nitrogens with one attached hydrogen (secondary N) is 1. The van der Waals surface area contributed by atoms with Crippen molar-refractivity contribution < 1.29 is 38.4 Å². The van der Waals surface area contributed by atoms with Crippen LogP contribution in [0.2, 0.25) is 5.02 Å². The van der Waals surface area contributed by atoms with E-state index < -0.39 is 47.1 Å². The number of methoxy groups -OCH3 is 1. The SMILES string of the molecule is CC[C@@H]1/C=C/C=C(\C)Cc2cc(OC)c(Cl)c(c2)N(C)C(=O)C[C@H](OC(=O)CCCCCN)[C@@]2(C)CC(C)(O2)[C@@H]2C[C@@]1(O)NC(=O)O2. The highest BCUT2D eigenvalue weighted by molar-refractivity contribution is 6.35. The molecule has 2 saturated heterocycles. The van der Waals surface area contributed by atoms with Gasteiger partial charge in [0.05, 0.1) is 19.2 Å². The van der Waals surface area contributed by atoms with Crippen molar-refractivity contribution in [2.24, 2.45) is 11.7 Å². The predicted molar refractivity (Wildman–Crippen MR) is 179 cm³/mol. The quantitative estimate of drug-likeness (QED) is 0.245. The molecule has 1 aromatic rings. The lowest BCUT2D eigenvalue weighted by Gasteiger charge is -2.59. The first kappa shape index (κ1) is 36.7. The van der Waals surface area contributed by atoms with Gasteiger partial charge in [-0.25, -0.2) is 4.79 Å². The van der Waals surface area contributed by atoms with Crippen LogP contribution in [0.4, 0.5) is 10.5 Å². The maximum atomic E-state index is 13.9. The van der Waals surface area contributed by atoms with Crippen LogP contribution in [0.25, 0.3) is 0 Å². The van der Waals surface area contributed by atoms with E-state index in [4.69, 9.17) is 36.3 Å². The van der Waals surface area contributed by atoms with Crippen LogP contribution in [0.5, 0.6) is 5.75 Å². The van der Waals surface area contributed by atoms with Crippen LogP contribution in [-0.4, -0.2) is 72.9 Å². The van der Waals surface area contributed by atoms with Crippen molar-refractivity contribution in [3.63, 3.8) is 0 Å². The fourth-order valence-electron chi connectivity index (χ4n) is 7.00. The first-order chi connectivity index (χ1) is 22.2. The van der Waals surface area contributed by atoms with E-state index >= 15 is 0 Å². The Bertz CT molecular complexity index is 1390. The molecule has 2 amide bonds. The third-order valence-corrected chi connectivity index (χ3v) is 9.99. The van der Waals surface area contributed by atoms with Crippen LogP contribution in [0.3, 0.4) is 0 Å². The number of hydrogen-bond acceptors (Lipinski definition) is 9. The molecule has 0 saturated carbocycles. The number of nitrogens with two attached hydrogens (primary N) is 1. The summed E-state index contributed by atoms with van der Waals surface area (Å²) in [7, 11) is 3.15. The van der Waals surface area contributed by atoms with Gasteiger partial charge in [0, 0.05) is 32.2 Å². The monoisotopic (exact) mass is 675 g/mol. The molecule has 1 aromatic carbocycles. The first-order valence-electron chi connectivity index (χ1n) is 16.4. The van der Waals surface area contributed by atoms with Crippen molar-refractivity contribution in [3.8, 4) is 5.75 Å². The number of halogens is 1. The maximum Gasteiger partial charge on any atom is 0.409 e. The Balaban J connectivity index is 1.75. The summed E-state index contributed by atoms with van der Waals surface area (Å²) in [6, 6.07) is 3.69. The van der Waals surface area contributed by atoms with Gasteiger partial charge < -0.3 is 34.7 Å². The number of unbranched alkanes of at least 4 members (excludes halogenated alkanes) is 2. The number of anilines is 1. The maximum absolute atomic E-state index is 13.9. The van der Waals surface area contributed by atoms with Crippen LogP contribution >= 0.6 is 11.6 Å². The van der Waals surface area contributed by atoms with Gasteiger partial charge in [0.2, 0.25) is 5.91 Å². The van der Waals surface area contributed by atoms with Crippen LogP contribution in [0.15, 0.2) is 35.9 Å². The molecule has 4 N–H and O–H groups in total. The Labute approximate surface area is 282 Å². The number of hydrogen-bond donors (Lipinski definition) is 3. The Morgan fingerprint density at radius 2 is 1.94 bits per heavy atom.